The molecule has 0 aromatic heterocycles. The minimum Gasteiger partial charge on any atom is -0.463 e. The molecule has 1 atom stereocenters. The topological polar surface area (TPSA) is 72.6 Å². The lowest BCUT2D eigenvalue weighted by Crippen LogP contribution is -2.42. The highest BCUT2D eigenvalue weighted by Gasteiger charge is 2.35. The van der Waals surface area contributed by atoms with Crippen molar-refractivity contribution in [3.8, 4) is 0 Å². The van der Waals surface area contributed by atoms with Gasteiger partial charge in [0.2, 0.25) is 0 Å². The van der Waals surface area contributed by atoms with Crippen molar-refractivity contribution < 1.29 is 18.7 Å². The zero-order chi connectivity index (χ0) is 21.1. The van der Waals surface area contributed by atoms with E-state index >= 15 is 0 Å². The SMILES string of the molecule is CCOC(=O)C1=C(N)CN(C(=O)c2ccc(Cl)c(Cl)c2)C(c2cccc(F)c2)C1. The van der Waals surface area contributed by atoms with Gasteiger partial charge in [-0.1, -0.05) is 35.3 Å². The van der Waals surface area contributed by atoms with Crippen molar-refractivity contribution >= 4 is 35.1 Å². The Bertz CT molecular complexity index is 994. The number of carbonyl (C=O) groups is 2. The van der Waals surface area contributed by atoms with Gasteiger partial charge < -0.3 is 15.4 Å². The molecule has 3 rings (SSSR count). The number of nitrogens with two attached hydrogens (primary N) is 1. The Labute approximate surface area is 177 Å². The normalized spacial score (nSPS) is 16.7. The molecule has 2 N–H and O–H groups in total. The monoisotopic (exact) mass is 436 g/mol. The first-order valence-corrected chi connectivity index (χ1v) is 9.73. The molecule has 5 nitrogen and oxygen atoms in total. The van der Waals surface area contributed by atoms with Gasteiger partial charge in [0.05, 0.1) is 34.8 Å². The molecule has 0 spiro atoms. The Hall–Kier alpha value is -2.57. The molecule has 1 amide bonds. The van der Waals surface area contributed by atoms with Gasteiger partial charge in [-0.25, -0.2) is 9.18 Å². The van der Waals surface area contributed by atoms with E-state index in [1.165, 1.54) is 29.2 Å². The van der Waals surface area contributed by atoms with E-state index in [1.807, 2.05) is 0 Å². The summed E-state index contributed by atoms with van der Waals surface area (Å²) in [6.45, 7) is 1.89. The average molecular weight is 437 g/mol. The highest BCUT2D eigenvalue weighted by Crippen LogP contribution is 2.35. The summed E-state index contributed by atoms with van der Waals surface area (Å²) >= 11 is 12.0. The minimum atomic E-state index is -0.598. The molecule has 8 heteroatoms. The van der Waals surface area contributed by atoms with Crippen LogP contribution in [0.3, 0.4) is 0 Å². The van der Waals surface area contributed by atoms with Crippen LogP contribution in [0.15, 0.2) is 53.7 Å². The van der Waals surface area contributed by atoms with Crippen molar-refractivity contribution in [1.82, 2.24) is 4.90 Å². The van der Waals surface area contributed by atoms with Gasteiger partial charge in [0, 0.05) is 17.7 Å². The lowest BCUT2D eigenvalue weighted by molar-refractivity contribution is -0.139. The molecule has 1 aliphatic rings. The fourth-order valence-corrected chi connectivity index (χ4v) is 3.57. The summed E-state index contributed by atoms with van der Waals surface area (Å²) in [7, 11) is 0. The Morgan fingerprint density at radius 2 is 1.97 bits per heavy atom. The summed E-state index contributed by atoms with van der Waals surface area (Å²) in [5.74, 6) is -1.33. The van der Waals surface area contributed by atoms with Crippen LogP contribution in [0.25, 0.3) is 0 Å². The van der Waals surface area contributed by atoms with Crippen LogP contribution in [0, 0.1) is 5.82 Å². The number of benzene rings is 2. The molecule has 29 heavy (non-hydrogen) atoms. The van der Waals surface area contributed by atoms with E-state index in [2.05, 4.69) is 0 Å². The Kier molecular flexibility index (Phi) is 6.45. The van der Waals surface area contributed by atoms with Gasteiger partial charge in [0.25, 0.3) is 5.91 Å². The summed E-state index contributed by atoms with van der Waals surface area (Å²) < 4.78 is 18.9. The number of halogens is 3. The third kappa shape index (κ3) is 4.54. The molecule has 0 fully saturated rings. The van der Waals surface area contributed by atoms with Gasteiger partial charge in [-0.15, -0.1) is 0 Å². The lowest BCUT2D eigenvalue weighted by Gasteiger charge is -2.37. The second kappa shape index (κ2) is 8.84. The van der Waals surface area contributed by atoms with E-state index in [9.17, 15) is 14.0 Å². The molecule has 0 aliphatic carbocycles. The summed E-state index contributed by atoms with van der Waals surface area (Å²) in [6.07, 6.45) is 0.112. The second-order valence-electron chi connectivity index (χ2n) is 6.56. The van der Waals surface area contributed by atoms with Crippen LogP contribution in [-0.2, 0) is 9.53 Å². The molecule has 1 aliphatic heterocycles. The maximum absolute atomic E-state index is 13.9. The molecule has 1 heterocycles. The first-order valence-electron chi connectivity index (χ1n) is 8.98. The van der Waals surface area contributed by atoms with Gasteiger partial charge in [-0.3, -0.25) is 4.79 Å². The largest absolute Gasteiger partial charge is 0.463 e. The fourth-order valence-electron chi connectivity index (χ4n) is 3.28. The smallest absolute Gasteiger partial charge is 0.335 e. The predicted octanol–water partition coefficient (Wildman–Crippen LogP) is 4.50. The van der Waals surface area contributed by atoms with Crippen molar-refractivity contribution in [2.75, 3.05) is 13.2 Å². The zero-order valence-electron chi connectivity index (χ0n) is 15.6. The molecular formula is C21H19Cl2FN2O3. The number of carbonyl (C=O) groups excluding carboxylic acids is 2. The summed E-state index contributed by atoms with van der Waals surface area (Å²) in [6, 6.07) is 9.86. The van der Waals surface area contributed by atoms with E-state index in [1.54, 1.807) is 25.1 Å². The van der Waals surface area contributed by atoms with E-state index in [-0.39, 0.29) is 36.2 Å². The van der Waals surface area contributed by atoms with E-state index in [4.69, 9.17) is 33.7 Å². The summed E-state index contributed by atoms with van der Waals surface area (Å²) in [5.41, 5.74) is 7.50. The maximum Gasteiger partial charge on any atom is 0.335 e. The molecule has 1 unspecified atom stereocenters. The molecule has 0 saturated heterocycles. The Morgan fingerprint density at radius 1 is 1.21 bits per heavy atom. The summed E-state index contributed by atoms with van der Waals surface area (Å²) in [5, 5.41) is 0.570. The molecular weight excluding hydrogens is 418 g/mol. The number of ether oxygens (including phenoxy) is 1. The van der Waals surface area contributed by atoms with Crippen LogP contribution in [0.2, 0.25) is 10.0 Å². The van der Waals surface area contributed by atoms with Gasteiger partial charge in [0.1, 0.15) is 5.82 Å². The maximum atomic E-state index is 13.9. The van der Waals surface area contributed by atoms with Crippen LogP contribution in [-0.4, -0.2) is 29.9 Å². The number of esters is 1. The number of nitrogens with zero attached hydrogens (tertiary/aromatic N) is 1. The van der Waals surface area contributed by atoms with Crippen LogP contribution < -0.4 is 5.73 Å². The van der Waals surface area contributed by atoms with Crippen molar-refractivity contribution in [1.29, 1.82) is 0 Å². The number of rotatable bonds is 4. The molecule has 0 bridgehead atoms. The Balaban J connectivity index is 2.03. The van der Waals surface area contributed by atoms with Gasteiger partial charge in [-0.05, 0) is 42.8 Å². The number of hydrogen-bond donors (Lipinski definition) is 1. The highest BCUT2D eigenvalue weighted by atomic mass is 35.5. The molecule has 0 saturated carbocycles. The molecule has 2 aromatic rings. The highest BCUT2D eigenvalue weighted by molar-refractivity contribution is 6.42. The van der Waals surface area contributed by atoms with Crippen LogP contribution >= 0.6 is 23.2 Å². The second-order valence-corrected chi connectivity index (χ2v) is 7.38. The Morgan fingerprint density at radius 3 is 2.62 bits per heavy atom. The van der Waals surface area contributed by atoms with Gasteiger partial charge in [0.15, 0.2) is 0 Å². The third-order valence-corrected chi connectivity index (χ3v) is 5.42. The first kappa shape index (κ1) is 21.1. The van der Waals surface area contributed by atoms with Crippen LogP contribution in [0.1, 0.15) is 35.3 Å². The molecule has 2 aromatic carbocycles. The molecule has 0 radical (unpaired) electrons. The van der Waals surface area contributed by atoms with Crippen LogP contribution in [0.5, 0.6) is 0 Å². The first-order chi connectivity index (χ1) is 13.8. The van der Waals surface area contributed by atoms with Crippen LogP contribution in [0.4, 0.5) is 4.39 Å². The number of hydrogen-bond acceptors (Lipinski definition) is 4. The average Bonchev–Trinajstić information content (AvgIpc) is 2.69. The van der Waals surface area contributed by atoms with Crippen molar-refractivity contribution in [2.24, 2.45) is 5.73 Å². The predicted molar refractivity (Wildman–Crippen MR) is 109 cm³/mol. The third-order valence-electron chi connectivity index (χ3n) is 4.68. The van der Waals surface area contributed by atoms with Crippen molar-refractivity contribution in [3.05, 3.63) is 80.7 Å². The fraction of sp³-hybridized carbons (Fsp3) is 0.238. The van der Waals surface area contributed by atoms with E-state index < -0.39 is 17.8 Å². The molecule has 152 valence electrons. The van der Waals surface area contributed by atoms with E-state index in [0.29, 0.717) is 21.7 Å². The lowest BCUT2D eigenvalue weighted by atomic mass is 9.91. The minimum absolute atomic E-state index is 0.00555. The zero-order valence-corrected chi connectivity index (χ0v) is 17.1. The van der Waals surface area contributed by atoms with Crippen molar-refractivity contribution in [2.45, 2.75) is 19.4 Å². The van der Waals surface area contributed by atoms with Gasteiger partial charge >= 0.3 is 5.97 Å². The summed E-state index contributed by atoms with van der Waals surface area (Å²) in [4.78, 5) is 27.0. The quantitative estimate of drug-likeness (QED) is 0.716. The van der Waals surface area contributed by atoms with E-state index in [0.717, 1.165) is 0 Å². The number of amides is 1. The van der Waals surface area contributed by atoms with Gasteiger partial charge in [-0.2, -0.15) is 0 Å². The van der Waals surface area contributed by atoms with Crippen molar-refractivity contribution in [3.63, 3.8) is 0 Å². The standard InChI is InChI=1S/C21H19Cl2FN2O3/c1-2-29-21(28)15-10-19(12-4-3-5-14(24)8-12)26(11-18(15)25)20(27)13-6-7-16(22)17(23)9-13/h3-9,19H,2,10-11,25H2,1H3.